The molecule has 2 rings (SSSR count). The molecule has 0 aliphatic rings. The van der Waals surface area contributed by atoms with Crippen molar-refractivity contribution >= 4 is 28.3 Å². The molecule has 0 aliphatic carbocycles. The summed E-state index contributed by atoms with van der Waals surface area (Å²) in [5.41, 5.74) is 5.34. The number of nitrogens with one attached hydrogen (secondary N) is 1. The van der Waals surface area contributed by atoms with Crippen molar-refractivity contribution in [1.82, 2.24) is 4.98 Å². The van der Waals surface area contributed by atoms with E-state index in [1.807, 2.05) is 6.92 Å². The third-order valence-corrected chi connectivity index (χ3v) is 3.17. The zero-order valence-corrected chi connectivity index (χ0v) is 11.6. The molecule has 20 heavy (non-hydrogen) atoms. The molecule has 0 saturated heterocycles. The second kappa shape index (κ2) is 6.16. The van der Waals surface area contributed by atoms with Gasteiger partial charge in [-0.1, -0.05) is 12.1 Å². The van der Waals surface area contributed by atoms with Gasteiger partial charge in [-0.25, -0.2) is 4.98 Å². The quantitative estimate of drug-likeness (QED) is 0.874. The summed E-state index contributed by atoms with van der Waals surface area (Å²) in [6.45, 7) is 1.62. The summed E-state index contributed by atoms with van der Waals surface area (Å²) in [5.74, 6) is -0.646. The van der Waals surface area contributed by atoms with Gasteiger partial charge in [-0.15, -0.1) is 11.3 Å². The maximum Gasteiger partial charge on any atom is 0.261 e. The average molecular weight is 291 g/mol. The van der Waals surface area contributed by atoms with Crippen molar-refractivity contribution in [3.63, 3.8) is 0 Å². The molecule has 1 aromatic heterocycles. The van der Waals surface area contributed by atoms with Crippen molar-refractivity contribution < 1.29 is 14.3 Å². The van der Waals surface area contributed by atoms with Crippen LogP contribution in [0, 0.1) is 6.92 Å². The zero-order chi connectivity index (χ0) is 14.5. The lowest BCUT2D eigenvalue weighted by molar-refractivity contribution is -0.119. The minimum absolute atomic E-state index is 0.277. The highest BCUT2D eigenvalue weighted by Gasteiger charge is 2.14. The number of ether oxygens (including phenoxy) is 1. The van der Waals surface area contributed by atoms with Gasteiger partial charge in [0.05, 0.1) is 5.56 Å². The number of primary amides is 1. The number of benzene rings is 1. The maximum atomic E-state index is 12.1. The average Bonchev–Trinajstić information content (AvgIpc) is 2.82. The molecule has 0 spiro atoms. The van der Waals surface area contributed by atoms with E-state index in [4.69, 9.17) is 10.5 Å². The van der Waals surface area contributed by atoms with Gasteiger partial charge in [0, 0.05) is 11.1 Å². The van der Waals surface area contributed by atoms with Gasteiger partial charge in [0.2, 0.25) is 0 Å². The van der Waals surface area contributed by atoms with E-state index < -0.39 is 5.91 Å². The number of rotatable bonds is 5. The van der Waals surface area contributed by atoms with Crippen LogP contribution in [0.25, 0.3) is 0 Å². The summed E-state index contributed by atoms with van der Waals surface area (Å²) >= 11 is 1.38. The summed E-state index contributed by atoms with van der Waals surface area (Å²) in [4.78, 5) is 27.9. The van der Waals surface area contributed by atoms with Crippen LogP contribution in [-0.2, 0) is 4.79 Å². The molecule has 0 aliphatic heterocycles. The highest BCUT2D eigenvalue weighted by atomic mass is 32.1. The van der Waals surface area contributed by atoms with Crippen LogP contribution in [0.5, 0.6) is 5.75 Å². The monoisotopic (exact) mass is 291 g/mol. The lowest BCUT2D eigenvalue weighted by Crippen LogP contribution is -2.21. The summed E-state index contributed by atoms with van der Waals surface area (Å²) in [6, 6.07) is 6.62. The number of para-hydroxylation sites is 1. The minimum atomic E-state index is -0.601. The van der Waals surface area contributed by atoms with Crippen molar-refractivity contribution in [3.05, 3.63) is 40.9 Å². The first kappa shape index (κ1) is 14.0. The molecule has 6 nitrogen and oxygen atoms in total. The van der Waals surface area contributed by atoms with Crippen LogP contribution in [0.4, 0.5) is 5.13 Å². The van der Waals surface area contributed by atoms with Crippen molar-refractivity contribution in [2.24, 2.45) is 5.73 Å². The van der Waals surface area contributed by atoms with Crippen LogP contribution in [0.15, 0.2) is 30.5 Å². The van der Waals surface area contributed by atoms with Crippen molar-refractivity contribution in [1.29, 1.82) is 0 Å². The lowest BCUT2D eigenvalue weighted by Gasteiger charge is -2.09. The number of hydrogen-bond acceptors (Lipinski definition) is 5. The van der Waals surface area contributed by atoms with Gasteiger partial charge >= 0.3 is 0 Å². The second-order valence-corrected chi connectivity index (χ2v) is 5.22. The fourth-order valence-electron chi connectivity index (χ4n) is 1.51. The molecule has 0 unspecified atom stereocenters. The summed E-state index contributed by atoms with van der Waals surface area (Å²) in [6.07, 6.45) is 1.68. The molecule has 3 N–H and O–H groups in total. The molecule has 2 amide bonds. The molecule has 1 aromatic carbocycles. The smallest absolute Gasteiger partial charge is 0.261 e. The first-order valence-electron chi connectivity index (χ1n) is 5.80. The van der Waals surface area contributed by atoms with Gasteiger partial charge in [0.25, 0.3) is 11.8 Å². The van der Waals surface area contributed by atoms with Gasteiger partial charge in [0.15, 0.2) is 11.7 Å². The number of nitrogens with zero attached hydrogens (tertiary/aromatic N) is 1. The number of aryl methyl sites for hydroxylation is 1. The predicted octanol–water partition coefficient (Wildman–Crippen LogP) is 1.57. The maximum absolute atomic E-state index is 12.1. The SMILES string of the molecule is Cc1cnc(NC(=O)c2ccccc2OCC(N)=O)s1. The largest absolute Gasteiger partial charge is 0.483 e. The third kappa shape index (κ3) is 3.55. The Morgan fingerprint density at radius 1 is 1.40 bits per heavy atom. The Balaban J connectivity index is 2.14. The lowest BCUT2D eigenvalue weighted by atomic mass is 10.2. The van der Waals surface area contributed by atoms with Gasteiger partial charge in [-0.05, 0) is 19.1 Å². The standard InChI is InChI=1S/C13H13N3O3S/c1-8-6-15-13(20-8)16-12(18)9-4-2-3-5-10(9)19-7-11(14)17/h2-6H,7H2,1H3,(H2,14,17)(H,15,16,18). The molecule has 0 saturated carbocycles. The Morgan fingerprint density at radius 3 is 2.80 bits per heavy atom. The number of anilines is 1. The van der Waals surface area contributed by atoms with Crippen LogP contribution in [0.3, 0.4) is 0 Å². The van der Waals surface area contributed by atoms with Crippen molar-refractivity contribution in [2.75, 3.05) is 11.9 Å². The van der Waals surface area contributed by atoms with E-state index in [0.29, 0.717) is 16.4 Å². The van der Waals surface area contributed by atoms with E-state index in [9.17, 15) is 9.59 Å². The van der Waals surface area contributed by atoms with Gasteiger partial charge in [0.1, 0.15) is 5.75 Å². The Bertz CT molecular complexity index is 639. The second-order valence-electron chi connectivity index (χ2n) is 3.98. The molecule has 1 heterocycles. The number of nitrogens with two attached hydrogens (primary N) is 1. The first-order chi connectivity index (χ1) is 9.56. The molecule has 104 valence electrons. The van der Waals surface area contributed by atoms with Crippen LogP contribution in [0.1, 0.15) is 15.2 Å². The Labute approximate surface area is 119 Å². The highest BCUT2D eigenvalue weighted by molar-refractivity contribution is 7.15. The first-order valence-corrected chi connectivity index (χ1v) is 6.62. The molecule has 0 atom stereocenters. The summed E-state index contributed by atoms with van der Waals surface area (Å²) < 4.78 is 5.21. The number of thiazole rings is 1. The van der Waals surface area contributed by atoms with Crippen molar-refractivity contribution in [3.8, 4) is 5.75 Å². The topological polar surface area (TPSA) is 94.3 Å². The molecular weight excluding hydrogens is 278 g/mol. The zero-order valence-electron chi connectivity index (χ0n) is 10.8. The fraction of sp³-hybridized carbons (Fsp3) is 0.154. The van der Waals surface area contributed by atoms with Crippen molar-refractivity contribution in [2.45, 2.75) is 6.92 Å². The van der Waals surface area contributed by atoms with E-state index in [0.717, 1.165) is 4.88 Å². The number of hydrogen-bond donors (Lipinski definition) is 2. The van der Waals surface area contributed by atoms with Gasteiger partial charge in [-0.2, -0.15) is 0 Å². The van der Waals surface area contributed by atoms with Crippen LogP contribution >= 0.6 is 11.3 Å². The molecule has 7 heteroatoms. The van der Waals surface area contributed by atoms with E-state index in [-0.39, 0.29) is 12.5 Å². The minimum Gasteiger partial charge on any atom is -0.483 e. The van der Waals surface area contributed by atoms with Crippen LogP contribution in [-0.4, -0.2) is 23.4 Å². The van der Waals surface area contributed by atoms with Gasteiger partial charge < -0.3 is 10.5 Å². The Morgan fingerprint density at radius 2 is 2.15 bits per heavy atom. The normalized spacial score (nSPS) is 10.1. The molecule has 0 radical (unpaired) electrons. The number of carbonyl (C=O) groups excluding carboxylic acids is 2. The third-order valence-electron chi connectivity index (χ3n) is 2.34. The van der Waals surface area contributed by atoms with E-state index in [1.54, 1.807) is 30.5 Å². The fourth-order valence-corrected chi connectivity index (χ4v) is 2.17. The van der Waals surface area contributed by atoms with Crippen LogP contribution in [0.2, 0.25) is 0 Å². The predicted molar refractivity (Wildman–Crippen MR) is 75.9 cm³/mol. The summed E-state index contributed by atoms with van der Waals surface area (Å²) in [7, 11) is 0. The molecule has 0 bridgehead atoms. The number of aromatic nitrogens is 1. The van der Waals surface area contributed by atoms with E-state index in [2.05, 4.69) is 10.3 Å². The summed E-state index contributed by atoms with van der Waals surface area (Å²) in [5, 5.41) is 3.19. The molecular formula is C13H13N3O3S. The number of carbonyl (C=O) groups is 2. The van der Waals surface area contributed by atoms with E-state index in [1.165, 1.54) is 11.3 Å². The van der Waals surface area contributed by atoms with Gasteiger partial charge in [-0.3, -0.25) is 14.9 Å². The Hall–Kier alpha value is -2.41. The van der Waals surface area contributed by atoms with E-state index >= 15 is 0 Å². The Kier molecular flexibility index (Phi) is 4.31. The highest BCUT2D eigenvalue weighted by Crippen LogP contribution is 2.21. The number of amides is 2. The molecule has 0 fully saturated rings. The van der Waals surface area contributed by atoms with Crippen LogP contribution < -0.4 is 15.8 Å². The molecule has 2 aromatic rings.